The number of urea groups is 1. The first-order valence-electron chi connectivity index (χ1n) is 7.86. The Morgan fingerprint density at radius 1 is 1.19 bits per heavy atom. The zero-order valence-electron chi connectivity index (χ0n) is 14.3. The summed E-state index contributed by atoms with van der Waals surface area (Å²) in [5.74, 6) is 0.522. The summed E-state index contributed by atoms with van der Waals surface area (Å²) in [7, 11) is 3.06. The SMILES string of the molecule is CNC(=O)COc1cc(-c2cccnc2)cc2nc(NC(=O)NC)cn12. The highest BCUT2D eigenvalue weighted by Crippen LogP contribution is 2.27. The summed E-state index contributed by atoms with van der Waals surface area (Å²) in [5.41, 5.74) is 2.27. The molecule has 0 spiro atoms. The number of imidazole rings is 1. The number of nitrogens with zero attached hydrogens (tertiary/aromatic N) is 3. The van der Waals surface area contributed by atoms with Gasteiger partial charge >= 0.3 is 6.03 Å². The average molecular weight is 354 g/mol. The van der Waals surface area contributed by atoms with Crippen molar-refractivity contribution in [2.75, 3.05) is 26.0 Å². The quantitative estimate of drug-likeness (QED) is 0.639. The molecule has 3 N–H and O–H groups in total. The predicted molar refractivity (Wildman–Crippen MR) is 96.1 cm³/mol. The Kier molecular flexibility index (Phi) is 4.97. The Morgan fingerprint density at radius 2 is 2.04 bits per heavy atom. The van der Waals surface area contributed by atoms with E-state index in [9.17, 15) is 9.59 Å². The number of aromatic nitrogens is 3. The second kappa shape index (κ2) is 7.51. The molecule has 9 nitrogen and oxygen atoms in total. The van der Waals surface area contributed by atoms with E-state index in [1.165, 1.54) is 14.1 Å². The van der Waals surface area contributed by atoms with E-state index in [0.717, 1.165) is 11.1 Å². The van der Waals surface area contributed by atoms with Crippen molar-refractivity contribution >= 4 is 23.4 Å². The van der Waals surface area contributed by atoms with Gasteiger partial charge in [0, 0.05) is 38.1 Å². The summed E-state index contributed by atoms with van der Waals surface area (Å²) in [5, 5.41) is 7.58. The van der Waals surface area contributed by atoms with Crippen molar-refractivity contribution in [1.82, 2.24) is 25.0 Å². The normalized spacial score (nSPS) is 10.4. The highest BCUT2D eigenvalue weighted by atomic mass is 16.5. The maximum Gasteiger partial charge on any atom is 0.320 e. The Balaban J connectivity index is 2.04. The number of nitrogens with one attached hydrogen (secondary N) is 3. The van der Waals surface area contributed by atoms with Crippen molar-refractivity contribution in [3.8, 4) is 17.0 Å². The minimum atomic E-state index is -0.381. The van der Waals surface area contributed by atoms with Crippen LogP contribution in [0.2, 0.25) is 0 Å². The molecule has 3 amide bonds. The molecule has 0 atom stereocenters. The van der Waals surface area contributed by atoms with Crippen molar-refractivity contribution in [2.45, 2.75) is 0 Å². The molecule has 3 aromatic rings. The highest BCUT2D eigenvalue weighted by molar-refractivity contribution is 5.88. The number of ether oxygens (including phenoxy) is 1. The Labute approximate surface area is 149 Å². The first-order valence-corrected chi connectivity index (χ1v) is 7.86. The topological polar surface area (TPSA) is 110 Å². The second-order valence-corrected chi connectivity index (χ2v) is 5.34. The standard InChI is InChI=1S/C17H18N6O3/c1-18-15(24)10-26-16-7-12(11-4-3-5-20-8-11)6-14-21-13(9-23(14)16)22-17(25)19-2/h3-9H,10H2,1-2H3,(H,18,24)(H2,19,22,25). The Morgan fingerprint density at radius 3 is 2.73 bits per heavy atom. The monoisotopic (exact) mass is 354 g/mol. The van der Waals surface area contributed by atoms with E-state index in [4.69, 9.17) is 4.74 Å². The van der Waals surface area contributed by atoms with Gasteiger partial charge in [-0.05, 0) is 17.7 Å². The van der Waals surface area contributed by atoms with Crippen LogP contribution in [0, 0.1) is 0 Å². The van der Waals surface area contributed by atoms with Gasteiger partial charge in [-0.3, -0.25) is 19.5 Å². The van der Waals surface area contributed by atoms with Crippen molar-refractivity contribution < 1.29 is 14.3 Å². The van der Waals surface area contributed by atoms with E-state index in [0.29, 0.717) is 17.3 Å². The van der Waals surface area contributed by atoms with Gasteiger partial charge in [-0.2, -0.15) is 0 Å². The van der Waals surface area contributed by atoms with Crippen LogP contribution in [0.5, 0.6) is 5.88 Å². The lowest BCUT2D eigenvalue weighted by molar-refractivity contribution is -0.122. The maximum absolute atomic E-state index is 11.5. The molecule has 0 radical (unpaired) electrons. The van der Waals surface area contributed by atoms with Crippen molar-refractivity contribution in [3.63, 3.8) is 0 Å². The average Bonchev–Trinajstić information content (AvgIpc) is 3.08. The number of hydrogen-bond acceptors (Lipinski definition) is 5. The van der Waals surface area contributed by atoms with Gasteiger partial charge in [0.2, 0.25) is 0 Å². The van der Waals surface area contributed by atoms with Gasteiger partial charge in [-0.1, -0.05) is 6.07 Å². The molecule has 134 valence electrons. The molecule has 0 bridgehead atoms. The molecular formula is C17H18N6O3. The molecule has 0 aliphatic rings. The van der Waals surface area contributed by atoms with Crippen LogP contribution >= 0.6 is 0 Å². The fourth-order valence-electron chi connectivity index (χ4n) is 2.32. The van der Waals surface area contributed by atoms with Crippen LogP contribution in [0.4, 0.5) is 10.6 Å². The molecule has 3 aromatic heterocycles. The van der Waals surface area contributed by atoms with E-state index in [2.05, 4.69) is 25.9 Å². The third kappa shape index (κ3) is 3.72. The van der Waals surface area contributed by atoms with Crippen molar-refractivity contribution in [1.29, 1.82) is 0 Å². The van der Waals surface area contributed by atoms with E-state index in [-0.39, 0.29) is 18.5 Å². The molecule has 0 unspecified atom stereocenters. The minimum Gasteiger partial charge on any atom is -0.468 e. The molecule has 3 heterocycles. The van der Waals surface area contributed by atoms with Crippen LogP contribution in [-0.4, -0.2) is 47.0 Å². The summed E-state index contributed by atoms with van der Waals surface area (Å²) in [6, 6.07) is 6.99. The number of likely N-dealkylation sites (N-methyl/N-ethyl adjacent to an activating group) is 1. The lowest BCUT2D eigenvalue weighted by Gasteiger charge is -2.10. The van der Waals surface area contributed by atoms with Gasteiger partial charge in [-0.15, -0.1) is 0 Å². The summed E-state index contributed by atoms with van der Waals surface area (Å²) in [4.78, 5) is 31.6. The summed E-state index contributed by atoms with van der Waals surface area (Å²) in [6.45, 7) is -0.140. The van der Waals surface area contributed by atoms with Crippen LogP contribution in [0.15, 0.2) is 42.9 Å². The van der Waals surface area contributed by atoms with E-state index in [1.807, 2.05) is 18.2 Å². The van der Waals surface area contributed by atoms with Crippen LogP contribution < -0.4 is 20.7 Å². The zero-order chi connectivity index (χ0) is 18.5. The number of carbonyl (C=O) groups excluding carboxylic acids is 2. The Bertz CT molecular complexity index is 938. The fourth-order valence-corrected chi connectivity index (χ4v) is 2.32. The molecule has 0 aromatic carbocycles. The van der Waals surface area contributed by atoms with Gasteiger partial charge in [0.25, 0.3) is 5.91 Å². The molecule has 0 fully saturated rings. The van der Waals surface area contributed by atoms with Gasteiger partial charge in [-0.25, -0.2) is 9.78 Å². The smallest absolute Gasteiger partial charge is 0.320 e. The molecule has 0 saturated heterocycles. The van der Waals surface area contributed by atoms with Gasteiger partial charge in [0.1, 0.15) is 5.65 Å². The third-order valence-electron chi connectivity index (χ3n) is 3.63. The maximum atomic E-state index is 11.5. The number of fused-ring (bicyclic) bond motifs is 1. The molecule has 3 rings (SSSR count). The molecule has 26 heavy (non-hydrogen) atoms. The molecular weight excluding hydrogens is 336 g/mol. The van der Waals surface area contributed by atoms with Gasteiger partial charge in [0.05, 0.1) is 6.20 Å². The zero-order valence-corrected chi connectivity index (χ0v) is 14.3. The largest absolute Gasteiger partial charge is 0.468 e. The molecule has 0 saturated carbocycles. The lowest BCUT2D eigenvalue weighted by Crippen LogP contribution is -2.25. The Hall–Kier alpha value is -3.62. The number of rotatable bonds is 5. The van der Waals surface area contributed by atoms with E-state index < -0.39 is 0 Å². The first-order chi connectivity index (χ1) is 12.6. The minimum absolute atomic E-state index is 0.140. The van der Waals surface area contributed by atoms with Gasteiger partial charge in [0.15, 0.2) is 18.3 Å². The first kappa shape index (κ1) is 17.2. The summed E-state index contributed by atoms with van der Waals surface area (Å²) < 4.78 is 7.30. The second-order valence-electron chi connectivity index (χ2n) is 5.34. The number of anilines is 1. The fraction of sp³-hybridized carbons (Fsp3) is 0.176. The number of hydrogen-bond donors (Lipinski definition) is 3. The molecule has 9 heteroatoms. The highest BCUT2D eigenvalue weighted by Gasteiger charge is 2.12. The van der Waals surface area contributed by atoms with E-state index in [1.54, 1.807) is 29.1 Å². The third-order valence-corrected chi connectivity index (χ3v) is 3.63. The summed E-state index contributed by atoms with van der Waals surface area (Å²) >= 11 is 0. The van der Waals surface area contributed by atoms with Gasteiger partial charge < -0.3 is 15.4 Å². The number of amides is 3. The van der Waals surface area contributed by atoms with Crippen LogP contribution in [0.3, 0.4) is 0 Å². The number of pyridine rings is 2. The molecule has 0 aliphatic carbocycles. The van der Waals surface area contributed by atoms with Crippen LogP contribution in [-0.2, 0) is 4.79 Å². The van der Waals surface area contributed by atoms with Crippen molar-refractivity contribution in [3.05, 3.63) is 42.9 Å². The molecule has 0 aliphatic heterocycles. The van der Waals surface area contributed by atoms with Crippen LogP contribution in [0.25, 0.3) is 16.8 Å². The van der Waals surface area contributed by atoms with Crippen LogP contribution in [0.1, 0.15) is 0 Å². The summed E-state index contributed by atoms with van der Waals surface area (Å²) in [6.07, 6.45) is 5.03. The van der Waals surface area contributed by atoms with Crippen molar-refractivity contribution in [2.24, 2.45) is 0 Å². The predicted octanol–water partition coefficient (Wildman–Crippen LogP) is 1.27. The van der Waals surface area contributed by atoms with E-state index >= 15 is 0 Å². The lowest BCUT2D eigenvalue weighted by atomic mass is 10.1. The number of carbonyl (C=O) groups is 2.